The van der Waals surface area contributed by atoms with E-state index in [0.29, 0.717) is 0 Å². The molecule has 0 aromatic carbocycles. The number of thioether (sulfide) groups is 1. The van der Waals surface area contributed by atoms with Crippen LogP contribution < -0.4 is 5.73 Å². The van der Waals surface area contributed by atoms with Gasteiger partial charge in [-0.05, 0) is 11.6 Å². The Morgan fingerprint density at radius 1 is 1.55 bits per heavy atom. The Bertz CT molecular complexity index is 189. The van der Waals surface area contributed by atoms with Gasteiger partial charge in [0.25, 0.3) is 0 Å². The van der Waals surface area contributed by atoms with Crippen LogP contribution in [0.3, 0.4) is 0 Å². The molecule has 0 unspecified atom stereocenters. The Hall–Kier alpha value is -0.540. The van der Waals surface area contributed by atoms with Crippen molar-refractivity contribution in [2.75, 3.05) is 12.3 Å². The first-order valence-corrected chi connectivity index (χ1v) is 4.75. The number of hydrogen-bond acceptors (Lipinski definition) is 3. The van der Waals surface area contributed by atoms with E-state index in [-0.39, 0.29) is 0 Å². The van der Waals surface area contributed by atoms with Crippen molar-refractivity contribution < 1.29 is 0 Å². The van der Waals surface area contributed by atoms with E-state index in [0.717, 1.165) is 18.1 Å². The molecule has 0 atom stereocenters. The average Bonchev–Trinajstić information content (AvgIpc) is 2.07. The fourth-order valence-corrected chi connectivity index (χ4v) is 1.47. The molecule has 1 aromatic heterocycles. The second-order valence-corrected chi connectivity index (χ2v) is 3.31. The van der Waals surface area contributed by atoms with E-state index >= 15 is 0 Å². The van der Waals surface area contributed by atoms with Gasteiger partial charge in [0.2, 0.25) is 0 Å². The molecule has 3 heteroatoms. The van der Waals surface area contributed by atoms with Crippen LogP contribution in [0, 0.1) is 0 Å². The normalized spacial score (nSPS) is 9.91. The Labute approximate surface area is 71.2 Å². The van der Waals surface area contributed by atoms with E-state index in [4.69, 9.17) is 5.73 Å². The molecule has 2 nitrogen and oxygen atoms in total. The zero-order valence-electron chi connectivity index (χ0n) is 6.36. The van der Waals surface area contributed by atoms with Crippen molar-refractivity contribution in [1.82, 2.24) is 4.98 Å². The van der Waals surface area contributed by atoms with Crippen LogP contribution in [0.25, 0.3) is 0 Å². The minimum absolute atomic E-state index is 0.755. The van der Waals surface area contributed by atoms with Gasteiger partial charge in [0, 0.05) is 30.4 Å². The quantitative estimate of drug-likeness (QED) is 0.688. The van der Waals surface area contributed by atoms with E-state index in [1.165, 1.54) is 5.56 Å². The summed E-state index contributed by atoms with van der Waals surface area (Å²) in [6.45, 7) is 0.755. The van der Waals surface area contributed by atoms with Crippen LogP contribution in [0.4, 0.5) is 0 Å². The maximum Gasteiger partial charge on any atom is 0.0308 e. The minimum Gasteiger partial charge on any atom is -0.330 e. The molecule has 0 bridgehead atoms. The summed E-state index contributed by atoms with van der Waals surface area (Å²) in [4.78, 5) is 4.02. The first-order chi connectivity index (χ1) is 5.43. The molecule has 0 saturated carbocycles. The van der Waals surface area contributed by atoms with Crippen molar-refractivity contribution in [3.63, 3.8) is 0 Å². The maximum atomic E-state index is 5.36. The summed E-state index contributed by atoms with van der Waals surface area (Å²) in [5, 5.41) is 0. The number of pyridine rings is 1. The summed E-state index contributed by atoms with van der Waals surface area (Å²) in [5.41, 5.74) is 6.63. The first-order valence-electron chi connectivity index (χ1n) is 3.60. The fraction of sp³-hybridized carbons (Fsp3) is 0.375. The highest BCUT2D eigenvalue weighted by Gasteiger charge is 1.90. The van der Waals surface area contributed by atoms with Gasteiger partial charge in [0.15, 0.2) is 0 Å². The molecule has 0 fully saturated rings. The number of aromatic nitrogens is 1. The largest absolute Gasteiger partial charge is 0.330 e. The van der Waals surface area contributed by atoms with Crippen LogP contribution in [0.2, 0.25) is 0 Å². The second kappa shape index (κ2) is 5.16. The maximum absolute atomic E-state index is 5.36. The number of nitrogens with two attached hydrogens (primary N) is 1. The summed E-state index contributed by atoms with van der Waals surface area (Å²) in [6, 6.07) is 4.04. The Morgan fingerprint density at radius 3 is 3.09 bits per heavy atom. The zero-order chi connectivity index (χ0) is 7.94. The molecule has 0 aliphatic carbocycles. The van der Waals surface area contributed by atoms with Crippen molar-refractivity contribution in [1.29, 1.82) is 0 Å². The van der Waals surface area contributed by atoms with Crippen LogP contribution in [0.5, 0.6) is 0 Å². The smallest absolute Gasteiger partial charge is 0.0308 e. The van der Waals surface area contributed by atoms with Gasteiger partial charge in [-0.15, -0.1) is 0 Å². The van der Waals surface area contributed by atoms with Crippen LogP contribution in [-0.4, -0.2) is 17.3 Å². The van der Waals surface area contributed by atoms with Gasteiger partial charge in [-0.3, -0.25) is 4.98 Å². The van der Waals surface area contributed by atoms with Crippen molar-refractivity contribution in [3.8, 4) is 0 Å². The Balaban J connectivity index is 2.28. The molecule has 0 spiro atoms. The number of nitrogens with zero attached hydrogens (tertiary/aromatic N) is 1. The van der Waals surface area contributed by atoms with E-state index in [1.807, 2.05) is 24.0 Å². The van der Waals surface area contributed by atoms with Gasteiger partial charge in [-0.2, -0.15) is 11.8 Å². The van der Waals surface area contributed by atoms with Gasteiger partial charge in [-0.25, -0.2) is 0 Å². The van der Waals surface area contributed by atoms with Crippen molar-refractivity contribution >= 4 is 11.8 Å². The van der Waals surface area contributed by atoms with Crippen LogP contribution >= 0.6 is 11.8 Å². The summed E-state index contributed by atoms with van der Waals surface area (Å²) >= 11 is 1.84. The van der Waals surface area contributed by atoms with E-state index in [9.17, 15) is 0 Å². The number of rotatable bonds is 4. The van der Waals surface area contributed by atoms with Gasteiger partial charge >= 0.3 is 0 Å². The highest BCUT2D eigenvalue weighted by molar-refractivity contribution is 7.98. The van der Waals surface area contributed by atoms with Crippen molar-refractivity contribution in [3.05, 3.63) is 30.1 Å². The molecule has 11 heavy (non-hydrogen) atoms. The lowest BCUT2D eigenvalue weighted by atomic mass is 10.3. The lowest BCUT2D eigenvalue weighted by Gasteiger charge is -1.97. The standard InChI is InChI=1S/C8H12N2S/c9-3-5-11-7-8-2-1-4-10-6-8/h1-2,4,6H,3,5,7,9H2. The molecule has 0 aliphatic heterocycles. The topological polar surface area (TPSA) is 38.9 Å². The molecule has 0 aliphatic rings. The minimum atomic E-state index is 0.755. The lowest BCUT2D eigenvalue weighted by Crippen LogP contribution is -2.01. The second-order valence-electron chi connectivity index (χ2n) is 2.20. The van der Waals surface area contributed by atoms with E-state index < -0.39 is 0 Å². The van der Waals surface area contributed by atoms with Gasteiger partial charge in [0.1, 0.15) is 0 Å². The monoisotopic (exact) mass is 168 g/mol. The third kappa shape index (κ3) is 3.39. The van der Waals surface area contributed by atoms with Crippen molar-refractivity contribution in [2.24, 2.45) is 5.73 Å². The molecule has 0 radical (unpaired) electrons. The van der Waals surface area contributed by atoms with Crippen LogP contribution in [-0.2, 0) is 5.75 Å². The first kappa shape index (κ1) is 8.56. The number of hydrogen-bond donors (Lipinski definition) is 1. The van der Waals surface area contributed by atoms with Crippen molar-refractivity contribution in [2.45, 2.75) is 5.75 Å². The third-order valence-electron chi connectivity index (χ3n) is 1.25. The zero-order valence-corrected chi connectivity index (χ0v) is 7.18. The summed E-state index contributed by atoms with van der Waals surface area (Å²) in [7, 11) is 0. The third-order valence-corrected chi connectivity index (χ3v) is 2.32. The molecule has 1 aromatic rings. The molecular weight excluding hydrogens is 156 g/mol. The highest BCUT2D eigenvalue weighted by Crippen LogP contribution is 2.08. The molecule has 2 N–H and O–H groups in total. The van der Waals surface area contributed by atoms with Crippen LogP contribution in [0.1, 0.15) is 5.56 Å². The average molecular weight is 168 g/mol. The van der Waals surface area contributed by atoms with Gasteiger partial charge in [-0.1, -0.05) is 6.07 Å². The predicted octanol–water partition coefficient (Wildman–Crippen LogP) is 1.27. The van der Waals surface area contributed by atoms with Crippen LogP contribution in [0.15, 0.2) is 24.5 Å². The van der Waals surface area contributed by atoms with Gasteiger partial charge < -0.3 is 5.73 Å². The fourth-order valence-electron chi connectivity index (χ4n) is 0.757. The molecular formula is C8H12N2S. The van der Waals surface area contributed by atoms with Gasteiger partial charge in [0.05, 0.1) is 0 Å². The molecule has 1 rings (SSSR count). The molecule has 1 heterocycles. The molecule has 0 saturated heterocycles. The molecule has 60 valence electrons. The SMILES string of the molecule is NCCSCc1cccnc1. The summed E-state index contributed by atoms with van der Waals surface area (Å²) in [5.74, 6) is 2.04. The Morgan fingerprint density at radius 2 is 2.45 bits per heavy atom. The van der Waals surface area contributed by atoms with E-state index in [1.54, 1.807) is 6.20 Å². The predicted molar refractivity (Wildman–Crippen MR) is 49.5 cm³/mol. The summed E-state index contributed by atoms with van der Waals surface area (Å²) in [6.07, 6.45) is 3.68. The van der Waals surface area contributed by atoms with E-state index in [2.05, 4.69) is 11.1 Å². The molecule has 0 amide bonds. The highest BCUT2D eigenvalue weighted by atomic mass is 32.2. The lowest BCUT2D eigenvalue weighted by molar-refractivity contribution is 1.15. The summed E-state index contributed by atoms with van der Waals surface area (Å²) < 4.78 is 0. The Kier molecular flexibility index (Phi) is 4.01.